The van der Waals surface area contributed by atoms with E-state index in [2.05, 4.69) is 44.2 Å². The van der Waals surface area contributed by atoms with Crippen LogP contribution in [0.15, 0.2) is 24.5 Å². The van der Waals surface area contributed by atoms with Crippen LogP contribution in [0.5, 0.6) is 0 Å². The van der Waals surface area contributed by atoms with E-state index in [-0.39, 0.29) is 0 Å². The van der Waals surface area contributed by atoms with Gasteiger partial charge in [-0.1, -0.05) is 0 Å². The molecule has 5 nitrogen and oxygen atoms in total. The van der Waals surface area contributed by atoms with E-state index in [4.69, 9.17) is 0 Å². The fourth-order valence-electron chi connectivity index (χ4n) is 2.68. The molecule has 0 aliphatic carbocycles. The lowest BCUT2D eigenvalue weighted by atomic mass is 10.2. The van der Waals surface area contributed by atoms with Crippen LogP contribution in [0.2, 0.25) is 0 Å². The molecule has 21 heavy (non-hydrogen) atoms. The average Bonchev–Trinajstić information content (AvgIpc) is 2.99. The summed E-state index contributed by atoms with van der Waals surface area (Å²) in [4.78, 5) is 15.4. The van der Waals surface area contributed by atoms with Crippen molar-refractivity contribution >= 4 is 11.6 Å². The molecule has 5 heteroatoms. The average molecular weight is 283 g/mol. The third-order valence-corrected chi connectivity index (χ3v) is 3.71. The third-order valence-electron chi connectivity index (χ3n) is 3.71. The van der Waals surface area contributed by atoms with E-state index in [1.54, 1.807) is 6.33 Å². The lowest BCUT2D eigenvalue weighted by Crippen LogP contribution is -2.19. The monoisotopic (exact) mass is 283 g/mol. The van der Waals surface area contributed by atoms with Crippen molar-refractivity contribution in [3.8, 4) is 0 Å². The van der Waals surface area contributed by atoms with Crippen molar-refractivity contribution in [2.45, 2.75) is 33.2 Å². The van der Waals surface area contributed by atoms with Crippen LogP contribution in [-0.4, -0.2) is 28.0 Å². The fraction of sp³-hybridized carbons (Fsp3) is 0.438. The van der Waals surface area contributed by atoms with Crippen LogP contribution in [0.1, 0.15) is 29.8 Å². The normalized spacial score (nSPS) is 14.5. The zero-order valence-corrected chi connectivity index (χ0v) is 12.6. The van der Waals surface area contributed by atoms with Gasteiger partial charge in [-0.2, -0.15) is 0 Å². The van der Waals surface area contributed by atoms with Crippen molar-refractivity contribution in [2.75, 3.05) is 23.3 Å². The maximum Gasteiger partial charge on any atom is 0.129 e. The van der Waals surface area contributed by atoms with E-state index in [1.807, 2.05) is 13.0 Å². The molecule has 3 heterocycles. The molecule has 0 unspecified atom stereocenters. The van der Waals surface area contributed by atoms with E-state index in [0.717, 1.165) is 42.7 Å². The lowest BCUT2D eigenvalue weighted by Gasteiger charge is -2.18. The SMILES string of the molecule is Cc1cc(NCc2cc(C)nc(N3CCCC3)c2)ncn1. The molecule has 1 N–H and O–H groups in total. The van der Waals surface area contributed by atoms with E-state index < -0.39 is 0 Å². The van der Waals surface area contributed by atoms with Gasteiger partial charge in [0.2, 0.25) is 0 Å². The van der Waals surface area contributed by atoms with Crippen LogP contribution < -0.4 is 10.2 Å². The summed E-state index contributed by atoms with van der Waals surface area (Å²) >= 11 is 0. The minimum atomic E-state index is 0.751. The topological polar surface area (TPSA) is 53.9 Å². The maximum atomic E-state index is 4.66. The molecule has 0 spiro atoms. The summed E-state index contributed by atoms with van der Waals surface area (Å²) in [6.07, 6.45) is 4.12. The minimum Gasteiger partial charge on any atom is -0.366 e. The Balaban J connectivity index is 1.72. The van der Waals surface area contributed by atoms with Crippen LogP contribution in [0, 0.1) is 13.8 Å². The number of anilines is 2. The Morgan fingerprint density at radius 2 is 1.86 bits per heavy atom. The maximum absolute atomic E-state index is 4.66. The molecule has 0 amide bonds. The van der Waals surface area contributed by atoms with Gasteiger partial charge in [-0.3, -0.25) is 0 Å². The van der Waals surface area contributed by atoms with E-state index in [0.29, 0.717) is 0 Å². The van der Waals surface area contributed by atoms with Gasteiger partial charge in [0.1, 0.15) is 18.0 Å². The first kappa shape index (κ1) is 13.8. The van der Waals surface area contributed by atoms with Crippen molar-refractivity contribution < 1.29 is 0 Å². The predicted octanol–water partition coefficient (Wildman–Crippen LogP) is 2.70. The second-order valence-corrected chi connectivity index (χ2v) is 5.57. The van der Waals surface area contributed by atoms with E-state index in [9.17, 15) is 0 Å². The van der Waals surface area contributed by atoms with Gasteiger partial charge in [0.25, 0.3) is 0 Å². The third kappa shape index (κ3) is 3.48. The van der Waals surface area contributed by atoms with Gasteiger partial charge in [-0.15, -0.1) is 0 Å². The number of pyridine rings is 1. The molecule has 0 radical (unpaired) electrons. The summed E-state index contributed by atoms with van der Waals surface area (Å²) in [5.41, 5.74) is 3.27. The number of aryl methyl sites for hydroxylation is 2. The number of nitrogens with zero attached hydrogens (tertiary/aromatic N) is 4. The largest absolute Gasteiger partial charge is 0.366 e. The Morgan fingerprint density at radius 3 is 2.62 bits per heavy atom. The van der Waals surface area contributed by atoms with Crippen molar-refractivity contribution in [1.29, 1.82) is 0 Å². The van der Waals surface area contributed by atoms with Gasteiger partial charge in [0.05, 0.1) is 0 Å². The first-order chi connectivity index (χ1) is 10.2. The number of hydrogen-bond acceptors (Lipinski definition) is 5. The second kappa shape index (κ2) is 6.08. The minimum absolute atomic E-state index is 0.751. The number of aromatic nitrogens is 3. The summed E-state index contributed by atoms with van der Waals surface area (Å²) in [6.45, 7) is 7.01. The lowest BCUT2D eigenvalue weighted by molar-refractivity contribution is 0.921. The van der Waals surface area contributed by atoms with Gasteiger partial charge in [0, 0.05) is 37.1 Å². The molecule has 0 aromatic carbocycles. The van der Waals surface area contributed by atoms with Crippen molar-refractivity contribution in [3.63, 3.8) is 0 Å². The molecule has 0 bridgehead atoms. The van der Waals surface area contributed by atoms with Crippen LogP contribution in [0.25, 0.3) is 0 Å². The Hall–Kier alpha value is -2.17. The molecule has 1 aliphatic heterocycles. The summed E-state index contributed by atoms with van der Waals surface area (Å²) < 4.78 is 0. The molecule has 2 aromatic rings. The van der Waals surface area contributed by atoms with E-state index >= 15 is 0 Å². The molecular formula is C16H21N5. The molecule has 3 rings (SSSR count). The molecule has 1 saturated heterocycles. The fourth-order valence-corrected chi connectivity index (χ4v) is 2.68. The highest BCUT2D eigenvalue weighted by Gasteiger charge is 2.14. The van der Waals surface area contributed by atoms with Gasteiger partial charge < -0.3 is 10.2 Å². The van der Waals surface area contributed by atoms with Gasteiger partial charge in [0.15, 0.2) is 0 Å². The standard InChI is InChI=1S/C16H21N5/c1-12-8-15(19-11-18-12)17-10-14-7-13(2)20-16(9-14)21-5-3-4-6-21/h7-9,11H,3-6,10H2,1-2H3,(H,17,18,19). The number of hydrogen-bond donors (Lipinski definition) is 1. The van der Waals surface area contributed by atoms with Crippen molar-refractivity contribution in [1.82, 2.24) is 15.0 Å². The molecule has 1 fully saturated rings. The predicted molar refractivity (Wildman–Crippen MR) is 84.5 cm³/mol. The van der Waals surface area contributed by atoms with Gasteiger partial charge in [-0.05, 0) is 44.4 Å². The van der Waals surface area contributed by atoms with E-state index in [1.165, 1.54) is 18.4 Å². The second-order valence-electron chi connectivity index (χ2n) is 5.57. The Bertz CT molecular complexity index is 620. The van der Waals surface area contributed by atoms with Crippen LogP contribution in [0.4, 0.5) is 11.6 Å². The first-order valence-corrected chi connectivity index (χ1v) is 7.46. The summed E-state index contributed by atoms with van der Waals surface area (Å²) in [5.74, 6) is 1.96. The summed E-state index contributed by atoms with van der Waals surface area (Å²) in [6, 6.07) is 6.26. The van der Waals surface area contributed by atoms with Gasteiger partial charge >= 0.3 is 0 Å². The highest BCUT2D eigenvalue weighted by Crippen LogP contribution is 2.20. The smallest absolute Gasteiger partial charge is 0.129 e. The van der Waals surface area contributed by atoms with Crippen LogP contribution in [0.3, 0.4) is 0 Å². The van der Waals surface area contributed by atoms with Crippen molar-refractivity contribution in [3.05, 3.63) is 41.5 Å². The zero-order valence-electron chi connectivity index (χ0n) is 12.6. The summed E-state index contributed by atoms with van der Waals surface area (Å²) in [5, 5.41) is 3.35. The van der Waals surface area contributed by atoms with Crippen molar-refractivity contribution in [2.24, 2.45) is 0 Å². The quantitative estimate of drug-likeness (QED) is 0.935. The highest BCUT2D eigenvalue weighted by atomic mass is 15.2. The first-order valence-electron chi connectivity index (χ1n) is 7.46. The van der Waals surface area contributed by atoms with Crippen LogP contribution >= 0.6 is 0 Å². The number of nitrogens with one attached hydrogen (secondary N) is 1. The highest BCUT2D eigenvalue weighted by molar-refractivity contribution is 5.45. The summed E-state index contributed by atoms with van der Waals surface area (Å²) in [7, 11) is 0. The molecule has 0 atom stereocenters. The van der Waals surface area contributed by atoms with Crippen LogP contribution in [-0.2, 0) is 6.54 Å². The molecular weight excluding hydrogens is 262 g/mol. The molecule has 2 aromatic heterocycles. The Morgan fingerprint density at radius 1 is 1.05 bits per heavy atom. The Labute approximate surface area is 125 Å². The molecule has 1 aliphatic rings. The Kier molecular flexibility index (Phi) is 3.99. The molecule has 0 saturated carbocycles. The number of rotatable bonds is 4. The zero-order chi connectivity index (χ0) is 14.7. The molecule has 110 valence electrons. The van der Waals surface area contributed by atoms with Gasteiger partial charge in [-0.25, -0.2) is 15.0 Å².